The molecule has 3 unspecified atom stereocenters. The molecule has 8 heteroatoms. The maximum Gasteiger partial charge on any atom is 0.331 e. The lowest BCUT2D eigenvalue weighted by Gasteiger charge is -2.37. The number of hydrogen-bond donors (Lipinski definition) is 4. The summed E-state index contributed by atoms with van der Waals surface area (Å²) < 4.78 is 12.2. The summed E-state index contributed by atoms with van der Waals surface area (Å²) in [5.41, 5.74) is 4.85. The Bertz CT molecular complexity index is 525. The van der Waals surface area contributed by atoms with Gasteiger partial charge in [-0.25, -0.2) is 4.79 Å². The molecule has 0 bridgehead atoms. The van der Waals surface area contributed by atoms with Crippen molar-refractivity contribution >= 4 is 19.3 Å². The molecule has 0 fully saturated rings. The van der Waals surface area contributed by atoms with Crippen LogP contribution in [0.1, 0.15) is 27.2 Å². The van der Waals surface area contributed by atoms with Crippen LogP contribution in [0.25, 0.3) is 0 Å². The number of allylic oxidation sites excluding steroid dienone is 2. The molecular weight excluding hydrogens is 309 g/mol. The van der Waals surface area contributed by atoms with Crippen LogP contribution in [-0.4, -0.2) is 44.9 Å². The fourth-order valence-electron chi connectivity index (χ4n) is 2.17. The number of hydrogen-bond acceptors (Lipinski definition) is 4. The predicted molar refractivity (Wildman–Crippen MR) is 84.1 cm³/mol. The number of carbonyl (C=O) groups is 2. The first-order chi connectivity index (χ1) is 10.1. The van der Waals surface area contributed by atoms with Crippen molar-refractivity contribution in [2.75, 3.05) is 12.7 Å². The van der Waals surface area contributed by atoms with E-state index >= 15 is 0 Å². The molecule has 7 nitrogen and oxygen atoms in total. The Morgan fingerprint density at radius 1 is 1.36 bits per heavy atom. The minimum absolute atomic E-state index is 0.178. The molecule has 0 heterocycles. The second kappa shape index (κ2) is 8.27. The van der Waals surface area contributed by atoms with Gasteiger partial charge in [-0.2, -0.15) is 0 Å². The fraction of sp³-hybridized carbons (Fsp3) is 0.571. The van der Waals surface area contributed by atoms with Gasteiger partial charge in [0.1, 0.15) is 0 Å². The average Bonchev–Trinajstić information content (AvgIpc) is 2.46. The van der Waals surface area contributed by atoms with Gasteiger partial charge in [-0.1, -0.05) is 39.0 Å². The number of carboxylic acids is 2. The van der Waals surface area contributed by atoms with Crippen molar-refractivity contribution in [2.45, 2.75) is 32.3 Å². The van der Waals surface area contributed by atoms with Crippen molar-refractivity contribution in [3.05, 3.63) is 23.8 Å². The Hall–Kier alpha value is -1.43. The quantitative estimate of drug-likeness (QED) is 0.561. The summed E-state index contributed by atoms with van der Waals surface area (Å²) in [5.74, 6) is -3.84. The van der Waals surface area contributed by atoms with Crippen molar-refractivity contribution in [3.63, 3.8) is 0 Å². The monoisotopic (exact) mass is 333 g/mol. The van der Waals surface area contributed by atoms with Gasteiger partial charge in [-0.3, -0.25) is 9.36 Å². The first kappa shape index (κ1) is 20.6. The van der Waals surface area contributed by atoms with Crippen molar-refractivity contribution in [1.82, 2.24) is 0 Å². The van der Waals surface area contributed by atoms with Crippen molar-refractivity contribution in [1.29, 1.82) is 0 Å². The predicted octanol–water partition coefficient (Wildman–Crippen LogP) is 1.67. The zero-order chi connectivity index (χ0) is 17.6. The molecule has 0 radical (unpaired) electrons. The van der Waals surface area contributed by atoms with Crippen LogP contribution in [0.4, 0.5) is 0 Å². The first-order valence-corrected chi connectivity index (χ1v) is 8.84. The molecule has 22 heavy (non-hydrogen) atoms. The van der Waals surface area contributed by atoms with Gasteiger partial charge in [-0.15, -0.1) is 0 Å². The summed E-state index contributed by atoms with van der Waals surface area (Å²) in [6, 6.07) is 0. The highest BCUT2D eigenvalue weighted by Crippen LogP contribution is 2.60. The molecule has 0 saturated carbocycles. The Labute approximate surface area is 130 Å². The molecule has 5 N–H and O–H groups in total. The lowest BCUT2D eigenvalue weighted by atomic mass is 9.82. The van der Waals surface area contributed by atoms with Gasteiger partial charge in [0.25, 0.3) is 0 Å². The lowest BCUT2D eigenvalue weighted by Crippen LogP contribution is -2.46. The molecule has 0 spiro atoms. The summed E-state index contributed by atoms with van der Waals surface area (Å²) in [6.45, 7) is 5.63. The third-order valence-corrected chi connectivity index (χ3v) is 6.38. The van der Waals surface area contributed by atoms with E-state index in [4.69, 9.17) is 10.8 Å². The van der Waals surface area contributed by atoms with Crippen molar-refractivity contribution in [2.24, 2.45) is 11.7 Å². The number of nitrogens with two attached hydrogens (primary N) is 1. The Morgan fingerprint density at radius 2 is 1.86 bits per heavy atom. The van der Waals surface area contributed by atoms with Gasteiger partial charge in [-0.05, 0) is 13.0 Å². The van der Waals surface area contributed by atoms with Gasteiger partial charge in [0.2, 0.25) is 7.37 Å². The Balaban J connectivity index is 0.000000980. The summed E-state index contributed by atoms with van der Waals surface area (Å²) in [4.78, 5) is 32.4. The van der Waals surface area contributed by atoms with Gasteiger partial charge < -0.3 is 20.8 Å². The largest absolute Gasteiger partial charge is 0.480 e. The van der Waals surface area contributed by atoms with Crippen LogP contribution in [0, 0.1) is 5.92 Å². The molecule has 1 aliphatic rings. The third kappa shape index (κ3) is 3.85. The molecular formula is C14H24NO6P. The maximum atomic E-state index is 12.2. The lowest BCUT2D eigenvalue weighted by molar-refractivity contribution is -0.140. The van der Waals surface area contributed by atoms with Crippen LogP contribution in [0.2, 0.25) is 0 Å². The molecule has 0 aromatic carbocycles. The molecule has 0 aromatic heterocycles. The summed E-state index contributed by atoms with van der Waals surface area (Å²) >= 11 is 0. The van der Waals surface area contributed by atoms with E-state index < -0.39 is 30.4 Å². The molecule has 1 aliphatic carbocycles. The fourth-order valence-corrected chi connectivity index (χ4v) is 4.05. The highest BCUT2D eigenvalue weighted by atomic mass is 31.2. The second-order valence-electron chi connectivity index (χ2n) is 4.94. The highest BCUT2D eigenvalue weighted by molar-refractivity contribution is 7.61. The van der Waals surface area contributed by atoms with Crippen LogP contribution in [0.3, 0.4) is 0 Å². The minimum Gasteiger partial charge on any atom is -0.480 e. The van der Waals surface area contributed by atoms with Gasteiger partial charge in [0, 0.05) is 17.7 Å². The molecule has 1 rings (SSSR count). The normalized spacial score (nSPS) is 26.2. The summed E-state index contributed by atoms with van der Waals surface area (Å²) in [6.07, 6.45) is 4.46. The van der Waals surface area contributed by atoms with Crippen LogP contribution in [0.15, 0.2) is 23.8 Å². The van der Waals surface area contributed by atoms with E-state index in [0.717, 1.165) is 19.0 Å². The van der Waals surface area contributed by atoms with E-state index in [0.29, 0.717) is 0 Å². The van der Waals surface area contributed by atoms with Crippen LogP contribution < -0.4 is 5.73 Å². The van der Waals surface area contributed by atoms with Crippen LogP contribution in [-0.2, 0) is 14.2 Å². The van der Waals surface area contributed by atoms with E-state index in [9.17, 15) is 24.2 Å². The van der Waals surface area contributed by atoms with Crippen molar-refractivity contribution < 1.29 is 29.3 Å². The van der Waals surface area contributed by atoms with E-state index in [-0.39, 0.29) is 11.7 Å². The standard InChI is InChI=1S/C11H15O6P.C3H9N/c1-3-18(16,17)11(10(14)15)6-4-5-8(7(11)2)9(12)13;1-2-3-4/h4-7H,3H2,1-2H3,(H,12,13)(H,14,15)(H,16,17);2-4H2,1H3. The SMILES string of the molecule is CCCN.CCP(=O)(O)C1(C(=O)O)C=CC=C(C(=O)O)C1C. The smallest absolute Gasteiger partial charge is 0.331 e. The molecule has 0 aliphatic heterocycles. The van der Waals surface area contributed by atoms with Gasteiger partial charge >= 0.3 is 11.9 Å². The van der Waals surface area contributed by atoms with E-state index in [2.05, 4.69) is 6.92 Å². The topological polar surface area (TPSA) is 138 Å². The molecule has 126 valence electrons. The van der Waals surface area contributed by atoms with Crippen LogP contribution in [0.5, 0.6) is 0 Å². The van der Waals surface area contributed by atoms with Gasteiger partial charge in [0.15, 0.2) is 5.16 Å². The van der Waals surface area contributed by atoms with E-state index in [1.807, 2.05) is 0 Å². The zero-order valence-electron chi connectivity index (χ0n) is 13.0. The second-order valence-corrected chi connectivity index (χ2v) is 7.72. The molecule has 0 aromatic rings. The third-order valence-electron chi connectivity index (χ3n) is 3.64. The summed E-state index contributed by atoms with van der Waals surface area (Å²) in [7, 11) is -4.06. The molecule has 3 atom stereocenters. The maximum absolute atomic E-state index is 12.2. The van der Waals surface area contributed by atoms with Crippen LogP contribution >= 0.6 is 7.37 Å². The average molecular weight is 333 g/mol. The first-order valence-electron chi connectivity index (χ1n) is 7.00. The molecule has 0 amide bonds. The molecule has 0 saturated heterocycles. The van der Waals surface area contributed by atoms with Gasteiger partial charge in [0.05, 0.1) is 0 Å². The highest BCUT2D eigenvalue weighted by Gasteiger charge is 2.57. The Kier molecular flexibility index (Phi) is 7.73. The Morgan fingerprint density at radius 3 is 2.18 bits per heavy atom. The van der Waals surface area contributed by atoms with E-state index in [1.165, 1.54) is 26.0 Å². The van der Waals surface area contributed by atoms with Crippen molar-refractivity contribution in [3.8, 4) is 0 Å². The zero-order valence-corrected chi connectivity index (χ0v) is 13.9. The number of aliphatic carboxylic acids is 2. The minimum atomic E-state index is -4.06. The summed E-state index contributed by atoms with van der Waals surface area (Å²) in [5, 5.41) is 16.3. The number of carboxylic acid groups (broad SMARTS) is 2. The van der Waals surface area contributed by atoms with E-state index in [1.54, 1.807) is 0 Å². The number of rotatable bonds is 5.